The Morgan fingerprint density at radius 2 is 1.97 bits per heavy atom. The van der Waals surface area contributed by atoms with E-state index < -0.39 is 27.3 Å². The number of hydrogen-bond donors (Lipinski definition) is 2. The molecule has 1 aromatic carbocycles. The predicted molar refractivity (Wildman–Crippen MR) is 111 cm³/mol. The van der Waals surface area contributed by atoms with Crippen LogP contribution in [0.25, 0.3) is 11.3 Å². The molecule has 160 valence electrons. The van der Waals surface area contributed by atoms with E-state index in [1.165, 1.54) is 31.4 Å². The predicted octanol–water partition coefficient (Wildman–Crippen LogP) is 3.88. The van der Waals surface area contributed by atoms with Gasteiger partial charge in [-0.3, -0.25) is 10.1 Å². The summed E-state index contributed by atoms with van der Waals surface area (Å²) in [6.07, 6.45) is 0. The first-order chi connectivity index (χ1) is 14.0. The van der Waals surface area contributed by atoms with Gasteiger partial charge >= 0.3 is 0 Å². The third-order valence-corrected chi connectivity index (χ3v) is 6.07. The van der Waals surface area contributed by atoms with E-state index in [0.717, 1.165) is 11.3 Å². The lowest BCUT2D eigenvalue weighted by molar-refractivity contribution is 0.0991. The Balaban J connectivity index is 1.74. The van der Waals surface area contributed by atoms with E-state index in [9.17, 15) is 17.6 Å². The summed E-state index contributed by atoms with van der Waals surface area (Å²) >= 11 is 1.13. The average Bonchev–Trinajstić information content (AvgIpc) is 3.29. The van der Waals surface area contributed by atoms with Gasteiger partial charge < -0.3 is 9.15 Å². The van der Waals surface area contributed by atoms with Crippen LogP contribution in [0.15, 0.2) is 45.2 Å². The van der Waals surface area contributed by atoms with Crippen molar-refractivity contribution in [2.75, 3.05) is 12.4 Å². The van der Waals surface area contributed by atoms with Crippen molar-refractivity contribution in [3.63, 3.8) is 0 Å². The van der Waals surface area contributed by atoms with Gasteiger partial charge in [0.1, 0.15) is 0 Å². The molecule has 2 heterocycles. The van der Waals surface area contributed by atoms with Crippen molar-refractivity contribution < 1.29 is 26.8 Å². The number of nitrogens with zero attached hydrogens (tertiary/aromatic N) is 1. The summed E-state index contributed by atoms with van der Waals surface area (Å²) in [6.45, 7) is 5.07. The van der Waals surface area contributed by atoms with Crippen LogP contribution in [0.3, 0.4) is 0 Å². The van der Waals surface area contributed by atoms with Crippen molar-refractivity contribution in [3.8, 4) is 17.0 Å². The van der Waals surface area contributed by atoms with E-state index >= 15 is 0 Å². The molecule has 0 saturated heterocycles. The Morgan fingerprint density at radius 1 is 1.23 bits per heavy atom. The van der Waals surface area contributed by atoms with Crippen LogP contribution in [0.2, 0.25) is 0 Å². The van der Waals surface area contributed by atoms with E-state index in [-0.39, 0.29) is 21.7 Å². The molecule has 0 spiro atoms. The Morgan fingerprint density at radius 3 is 2.60 bits per heavy atom. The Kier molecular flexibility index (Phi) is 5.97. The van der Waals surface area contributed by atoms with E-state index in [1.54, 1.807) is 32.2 Å². The van der Waals surface area contributed by atoms with Gasteiger partial charge in [0.25, 0.3) is 15.9 Å². The first kappa shape index (κ1) is 21.9. The maximum Gasteiger partial charge on any atom is 0.293 e. The van der Waals surface area contributed by atoms with E-state index in [4.69, 9.17) is 9.15 Å². The molecule has 30 heavy (non-hydrogen) atoms. The topological polar surface area (TPSA) is 111 Å². The Hall–Kier alpha value is -2.76. The minimum Gasteiger partial charge on any atom is -0.494 e. The lowest BCUT2D eigenvalue weighted by Gasteiger charge is -2.18. The number of ether oxygens (including phenoxy) is 1. The largest absolute Gasteiger partial charge is 0.494 e. The molecular formula is C19H20FN3O5S2. The van der Waals surface area contributed by atoms with Crippen LogP contribution in [-0.2, 0) is 10.0 Å². The number of amides is 1. The van der Waals surface area contributed by atoms with Gasteiger partial charge in [-0.15, -0.1) is 11.3 Å². The highest BCUT2D eigenvalue weighted by molar-refractivity contribution is 7.89. The fourth-order valence-corrected chi connectivity index (χ4v) is 4.56. The zero-order chi connectivity index (χ0) is 22.1. The molecule has 0 aliphatic carbocycles. The minimum atomic E-state index is -3.90. The van der Waals surface area contributed by atoms with Gasteiger partial charge in [0.2, 0.25) is 5.09 Å². The van der Waals surface area contributed by atoms with Crippen LogP contribution >= 0.6 is 11.3 Å². The van der Waals surface area contributed by atoms with Gasteiger partial charge in [0, 0.05) is 16.5 Å². The second kappa shape index (κ2) is 8.17. The number of carbonyl (C=O) groups excluding carboxylic acids is 1. The average molecular weight is 454 g/mol. The molecule has 0 aliphatic rings. The van der Waals surface area contributed by atoms with Crippen LogP contribution in [0.1, 0.15) is 31.3 Å². The number of aromatic nitrogens is 1. The van der Waals surface area contributed by atoms with Gasteiger partial charge in [-0.25, -0.2) is 22.5 Å². The molecular weight excluding hydrogens is 433 g/mol. The van der Waals surface area contributed by atoms with Crippen LogP contribution in [0, 0.1) is 5.82 Å². The fourth-order valence-electron chi connectivity index (χ4n) is 2.49. The number of methoxy groups -OCH3 is 1. The van der Waals surface area contributed by atoms with Gasteiger partial charge in [-0.05, 0) is 51.1 Å². The second-order valence-corrected chi connectivity index (χ2v) is 9.79. The molecule has 2 N–H and O–H groups in total. The molecule has 0 fully saturated rings. The maximum absolute atomic E-state index is 13.9. The number of anilines is 1. The summed E-state index contributed by atoms with van der Waals surface area (Å²) in [5.41, 5.74) is 0.283. The number of halogens is 1. The smallest absolute Gasteiger partial charge is 0.293 e. The molecule has 0 aliphatic heterocycles. The van der Waals surface area contributed by atoms with Crippen LogP contribution in [0.4, 0.5) is 9.52 Å². The molecule has 0 atom stereocenters. The zero-order valence-corrected chi connectivity index (χ0v) is 18.3. The van der Waals surface area contributed by atoms with Gasteiger partial charge in [0.15, 0.2) is 22.5 Å². The summed E-state index contributed by atoms with van der Waals surface area (Å²) in [5.74, 6) is -1.25. The van der Waals surface area contributed by atoms with Gasteiger partial charge in [0.05, 0.1) is 12.8 Å². The van der Waals surface area contributed by atoms with E-state index in [1.807, 2.05) is 0 Å². The maximum atomic E-state index is 13.9. The van der Waals surface area contributed by atoms with Crippen LogP contribution in [0.5, 0.6) is 5.75 Å². The third-order valence-electron chi connectivity index (χ3n) is 3.68. The lowest BCUT2D eigenvalue weighted by atomic mass is 10.1. The van der Waals surface area contributed by atoms with Crippen molar-refractivity contribution >= 4 is 32.4 Å². The number of nitrogens with one attached hydrogen (secondary N) is 2. The molecule has 3 rings (SSSR count). The van der Waals surface area contributed by atoms with E-state index in [0.29, 0.717) is 11.3 Å². The number of rotatable bonds is 6. The highest BCUT2D eigenvalue weighted by Crippen LogP contribution is 2.28. The van der Waals surface area contributed by atoms with Crippen molar-refractivity contribution in [1.29, 1.82) is 0 Å². The quantitative estimate of drug-likeness (QED) is 0.586. The molecule has 0 saturated carbocycles. The Labute approximate surface area is 177 Å². The summed E-state index contributed by atoms with van der Waals surface area (Å²) in [5, 5.41) is 4.08. The number of benzene rings is 1. The van der Waals surface area contributed by atoms with Crippen molar-refractivity contribution in [3.05, 3.63) is 47.3 Å². The number of carbonyl (C=O) groups is 1. The monoisotopic (exact) mass is 453 g/mol. The van der Waals surface area contributed by atoms with Crippen molar-refractivity contribution in [1.82, 2.24) is 9.71 Å². The minimum absolute atomic E-state index is 0.118. The van der Waals surface area contributed by atoms with Gasteiger partial charge in [-0.1, -0.05) is 0 Å². The Bertz CT molecular complexity index is 1180. The summed E-state index contributed by atoms with van der Waals surface area (Å²) in [7, 11) is -2.53. The SMILES string of the molecule is COc1ccc(-c2csc(NC(=O)c3ccc(S(=O)(=O)NC(C)(C)C)o3)n2)cc1F. The summed E-state index contributed by atoms with van der Waals surface area (Å²) < 4.78 is 51.0. The third kappa shape index (κ3) is 5.04. The highest BCUT2D eigenvalue weighted by atomic mass is 32.2. The highest BCUT2D eigenvalue weighted by Gasteiger charge is 2.26. The first-order valence-corrected chi connectivity index (χ1v) is 11.1. The molecule has 3 aromatic rings. The summed E-state index contributed by atoms with van der Waals surface area (Å²) in [6, 6.07) is 6.88. The zero-order valence-electron chi connectivity index (χ0n) is 16.6. The molecule has 8 nitrogen and oxygen atoms in total. The normalized spacial score (nSPS) is 12.0. The molecule has 0 bridgehead atoms. The van der Waals surface area contributed by atoms with Crippen molar-refractivity contribution in [2.45, 2.75) is 31.4 Å². The molecule has 1 amide bonds. The number of thiazole rings is 1. The lowest BCUT2D eigenvalue weighted by Crippen LogP contribution is -2.40. The molecule has 0 unspecified atom stereocenters. The van der Waals surface area contributed by atoms with Gasteiger partial charge in [-0.2, -0.15) is 0 Å². The molecule has 0 radical (unpaired) electrons. The number of hydrogen-bond acceptors (Lipinski definition) is 7. The van der Waals surface area contributed by atoms with Crippen molar-refractivity contribution in [2.24, 2.45) is 0 Å². The number of furan rings is 1. The van der Waals surface area contributed by atoms with Crippen LogP contribution < -0.4 is 14.8 Å². The van der Waals surface area contributed by atoms with Crippen LogP contribution in [-0.4, -0.2) is 32.0 Å². The summed E-state index contributed by atoms with van der Waals surface area (Å²) in [4.78, 5) is 16.6. The standard InChI is InChI=1S/C19H20FN3O5S2/c1-19(2,3)23-30(25,26)16-8-7-15(28-16)17(24)22-18-21-13(10-29-18)11-5-6-14(27-4)12(20)9-11/h5-10,23H,1-4H3,(H,21,22,24). The van der Waals surface area contributed by atoms with E-state index in [2.05, 4.69) is 15.0 Å². The second-order valence-electron chi connectivity index (χ2n) is 7.32. The number of sulfonamides is 1. The molecule has 11 heteroatoms. The fraction of sp³-hybridized carbons (Fsp3) is 0.263. The first-order valence-electron chi connectivity index (χ1n) is 8.73. The molecule has 2 aromatic heterocycles.